The van der Waals surface area contributed by atoms with Crippen LogP contribution in [0.15, 0.2) is 182 Å². The van der Waals surface area contributed by atoms with E-state index in [2.05, 4.69) is 120 Å². The van der Waals surface area contributed by atoms with Crippen LogP contribution in [0.3, 0.4) is 0 Å². The van der Waals surface area contributed by atoms with Gasteiger partial charge in [-0.05, 0) is 52.6 Å². The molecule has 9 aromatic rings. The van der Waals surface area contributed by atoms with Gasteiger partial charge in [-0.2, -0.15) is 0 Å². The van der Waals surface area contributed by atoms with Gasteiger partial charge in [-0.3, -0.25) is 0 Å². The maximum absolute atomic E-state index is 5.10. The van der Waals surface area contributed by atoms with Crippen molar-refractivity contribution in [3.05, 3.63) is 182 Å². The largest absolute Gasteiger partial charge is 0.309 e. The predicted octanol–water partition coefficient (Wildman–Crippen LogP) is 11.3. The van der Waals surface area contributed by atoms with Gasteiger partial charge in [0.25, 0.3) is 0 Å². The average molecular weight is 627 g/mol. The molecule has 0 bridgehead atoms. The summed E-state index contributed by atoms with van der Waals surface area (Å²) >= 11 is 0. The molecule has 9 rings (SSSR count). The summed E-state index contributed by atoms with van der Waals surface area (Å²) in [4.78, 5) is 15.2. The number of nitrogens with zero attached hydrogens (tertiary/aromatic N) is 4. The quantitative estimate of drug-likeness (QED) is 0.184. The molecule has 0 fully saturated rings. The maximum Gasteiger partial charge on any atom is 0.164 e. The van der Waals surface area contributed by atoms with Gasteiger partial charge in [0.2, 0.25) is 0 Å². The first kappa shape index (κ1) is 28.6. The SMILES string of the molecule is c1ccc(-c2ccc(-c3cc(-c4nc(-c5ccccc5)nc(-c5ccccc5)n4)cc(-n4c5ccccc5c5ccccc54)c3)cc2)cc1. The summed E-state index contributed by atoms with van der Waals surface area (Å²) in [7, 11) is 0. The monoisotopic (exact) mass is 626 g/mol. The molecule has 0 radical (unpaired) electrons. The van der Waals surface area contributed by atoms with Gasteiger partial charge in [0.15, 0.2) is 17.5 Å². The maximum atomic E-state index is 5.10. The molecule has 2 heterocycles. The second-order valence-corrected chi connectivity index (χ2v) is 12.1. The van der Waals surface area contributed by atoms with Gasteiger partial charge in [-0.15, -0.1) is 0 Å². The minimum atomic E-state index is 0.623. The lowest BCUT2D eigenvalue weighted by atomic mass is 9.98. The van der Waals surface area contributed by atoms with Crippen molar-refractivity contribution in [1.82, 2.24) is 19.5 Å². The van der Waals surface area contributed by atoms with Crippen molar-refractivity contribution >= 4 is 21.8 Å². The Morgan fingerprint density at radius 1 is 0.286 bits per heavy atom. The van der Waals surface area contributed by atoms with Crippen molar-refractivity contribution in [1.29, 1.82) is 0 Å². The Balaban J connectivity index is 1.29. The molecule has 0 saturated heterocycles. The smallest absolute Gasteiger partial charge is 0.164 e. The average Bonchev–Trinajstić information content (AvgIpc) is 3.53. The molecule has 0 saturated carbocycles. The van der Waals surface area contributed by atoms with Gasteiger partial charge in [0, 0.05) is 33.2 Å². The van der Waals surface area contributed by atoms with Gasteiger partial charge in [0.05, 0.1) is 11.0 Å². The Morgan fingerprint density at radius 3 is 1.16 bits per heavy atom. The van der Waals surface area contributed by atoms with Crippen LogP contribution in [0.4, 0.5) is 0 Å². The highest BCUT2D eigenvalue weighted by Gasteiger charge is 2.17. The van der Waals surface area contributed by atoms with E-state index in [1.165, 1.54) is 21.9 Å². The first-order valence-corrected chi connectivity index (χ1v) is 16.5. The molecule has 0 unspecified atom stereocenters. The molecule has 2 aromatic heterocycles. The fourth-order valence-corrected chi connectivity index (χ4v) is 6.66. The van der Waals surface area contributed by atoms with Crippen LogP contribution in [0.25, 0.3) is 83.9 Å². The van der Waals surface area contributed by atoms with E-state index in [4.69, 9.17) is 15.0 Å². The van der Waals surface area contributed by atoms with Gasteiger partial charge in [0.1, 0.15) is 0 Å². The Morgan fingerprint density at radius 2 is 0.653 bits per heavy atom. The van der Waals surface area contributed by atoms with Crippen LogP contribution >= 0.6 is 0 Å². The highest BCUT2D eigenvalue weighted by Crippen LogP contribution is 2.36. The summed E-state index contributed by atoms with van der Waals surface area (Å²) in [6.07, 6.45) is 0. The molecule has 0 aliphatic rings. The summed E-state index contributed by atoms with van der Waals surface area (Å²) in [5.74, 6) is 1.90. The van der Waals surface area contributed by atoms with Crippen molar-refractivity contribution in [3.63, 3.8) is 0 Å². The molecule has 0 spiro atoms. The lowest BCUT2D eigenvalue weighted by Gasteiger charge is -2.14. The van der Waals surface area contributed by atoms with Crippen molar-refractivity contribution < 1.29 is 0 Å². The minimum Gasteiger partial charge on any atom is -0.309 e. The third-order valence-electron chi connectivity index (χ3n) is 9.04. The molecule has 4 nitrogen and oxygen atoms in total. The zero-order valence-corrected chi connectivity index (χ0v) is 26.6. The summed E-state index contributed by atoms with van der Waals surface area (Å²) in [6.45, 7) is 0. The molecular weight excluding hydrogens is 597 g/mol. The number of fused-ring (bicyclic) bond motifs is 3. The fraction of sp³-hybridized carbons (Fsp3) is 0. The molecule has 4 heteroatoms. The topological polar surface area (TPSA) is 43.6 Å². The Labute approximate surface area is 284 Å². The number of hydrogen-bond donors (Lipinski definition) is 0. The molecule has 230 valence electrons. The van der Waals surface area contributed by atoms with E-state index in [0.717, 1.165) is 44.5 Å². The van der Waals surface area contributed by atoms with Crippen molar-refractivity contribution in [2.45, 2.75) is 0 Å². The zero-order valence-electron chi connectivity index (χ0n) is 26.6. The zero-order chi connectivity index (χ0) is 32.6. The molecule has 0 amide bonds. The van der Waals surface area contributed by atoms with E-state index in [1.54, 1.807) is 0 Å². The number of rotatable bonds is 6. The van der Waals surface area contributed by atoms with Gasteiger partial charge < -0.3 is 4.57 Å². The van der Waals surface area contributed by atoms with Crippen molar-refractivity contribution in [2.24, 2.45) is 0 Å². The van der Waals surface area contributed by atoms with E-state index in [1.807, 2.05) is 66.7 Å². The van der Waals surface area contributed by atoms with E-state index in [-0.39, 0.29) is 0 Å². The third-order valence-corrected chi connectivity index (χ3v) is 9.04. The number of para-hydroxylation sites is 2. The summed E-state index contributed by atoms with van der Waals surface area (Å²) in [5.41, 5.74) is 10.7. The molecule has 0 atom stereocenters. The minimum absolute atomic E-state index is 0.623. The number of hydrogen-bond acceptors (Lipinski definition) is 3. The lowest BCUT2D eigenvalue weighted by Crippen LogP contribution is -2.01. The predicted molar refractivity (Wildman–Crippen MR) is 201 cm³/mol. The molecule has 0 aliphatic carbocycles. The van der Waals surface area contributed by atoms with Crippen LogP contribution in [0.2, 0.25) is 0 Å². The third kappa shape index (κ3) is 5.35. The Bertz CT molecular complexity index is 2460. The standard InChI is InChI=1S/C45H30N4/c1-4-14-31(15-5-1)32-24-26-33(27-25-32)36-28-37(30-38(29-36)49-41-22-12-10-20-39(41)40-21-11-13-23-42(40)49)45-47-43(34-16-6-2-7-17-34)46-44(48-45)35-18-8-3-9-19-35/h1-30H. The van der Waals surface area contributed by atoms with Crippen molar-refractivity contribution in [3.8, 4) is 62.1 Å². The Kier molecular flexibility index (Phi) is 7.10. The first-order chi connectivity index (χ1) is 24.3. The molecule has 0 aliphatic heterocycles. The van der Waals surface area contributed by atoms with Gasteiger partial charge in [-0.25, -0.2) is 15.0 Å². The summed E-state index contributed by atoms with van der Waals surface area (Å²) < 4.78 is 2.35. The Hall–Kier alpha value is -6.65. The van der Waals surface area contributed by atoms with Gasteiger partial charge in [-0.1, -0.05) is 152 Å². The lowest BCUT2D eigenvalue weighted by molar-refractivity contribution is 1.07. The van der Waals surface area contributed by atoms with Crippen LogP contribution in [-0.2, 0) is 0 Å². The second kappa shape index (κ2) is 12.2. The molecule has 7 aromatic carbocycles. The normalized spacial score (nSPS) is 11.3. The number of benzene rings is 7. The van der Waals surface area contributed by atoms with Crippen LogP contribution in [0.1, 0.15) is 0 Å². The molecular formula is C45H30N4. The highest BCUT2D eigenvalue weighted by molar-refractivity contribution is 6.09. The van der Waals surface area contributed by atoms with Crippen LogP contribution in [0, 0.1) is 0 Å². The molecule has 49 heavy (non-hydrogen) atoms. The van der Waals surface area contributed by atoms with E-state index < -0.39 is 0 Å². The summed E-state index contributed by atoms with van der Waals surface area (Å²) in [6, 6.07) is 63.4. The van der Waals surface area contributed by atoms with Crippen LogP contribution < -0.4 is 0 Å². The molecule has 0 N–H and O–H groups in total. The van der Waals surface area contributed by atoms with Crippen LogP contribution in [0.5, 0.6) is 0 Å². The highest BCUT2D eigenvalue weighted by atomic mass is 15.0. The second-order valence-electron chi connectivity index (χ2n) is 12.1. The van der Waals surface area contributed by atoms with E-state index >= 15 is 0 Å². The summed E-state index contributed by atoms with van der Waals surface area (Å²) in [5, 5.41) is 2.44. The van der Waals surface area contributed by atoms with E-state index in [0.29, 0.717) is 17.5 Å². The van der Waals surface area contributed by atoms with Crippen LogP contribution in [-0.4, -0.2) is 19.5 Å². The van der Waals surface area contributed by atoms with Gasteiger partial charge >= 0.3 is 0 Å². The first-order valence-electron chi connectivity index (χ1n) is 16.5. The van der Waals surface area contributed by atoms with E-state index in [9.17, 15) is 0 Å². The number of aromatic nitrogens is 4. The fourth-order valence-electron chi connectivity index (χ4n) is 6.66. The van der Waals surface area contributed by atoms with Crippen molar-refractivity contribution in [2.75, 3.05) is 0 Å².